The molecule has 0 saturated carbocycles. The molecule has 2 N–H and O–H groups in total. The average molecular weight is 221 g/mol. The monoisotopic (exact) mass is 221 g/mol. The second kappa shape index (κ2) is 3.51. The van der Waals surface area contributed by atoms with Gasteiger partial charge in [-0.1, -0.05) is 18.3 Å². The lowest BCUT2D eigenvalue weighted by atomic mass is 10.7. The van der Waals surface area contributed by atoms with Crippen LogP contribution in [0.25, 0.3) is 0 Å². The minimum atomic E-state index is -3.26. The third kappa shape index (κ3) is 2.26. The largest absolute Gasteiger partial charge is 0.392 e. The Labute approximate surface area is 80.1 Å². The van der Waals surface area contributed by atoms with Gasteiger partial charge >= 0.3 is 0 Å². The van der Waals surface area contributed by atoms with E-state index in [-0.39, 0.29) is 10.7 Å². The zero-order valence-corrected chi connectivity index (χ0v) is 8.51. The summed E-state index contributed by atoms with van der Waals surface area (Å²) in [7, 11) is -3.26. The van der Waals surface area contributed by atoms with E-state index in [0.717, 1.165) is 0 Å². The number of hydrogen-bond acceptors (Lipinski definition) is 4. The van der Waals surface area contributed by atoms with E-state index in [1.807, 2.05) is 0 Å². The summed E-state index contributed by atoms with van der Waals surface area (Å²) in [4.78, 5) is 0.00315. The van der Waals surface area contributed by atoms with Crippen LogP contribution in [0.5, 0.6) is 0 Å². The molecule has 0 fully saturated rings. The molecule has 6 heteroatoms. The van der Waals surface area contributed by atoms with Crippen LogP contribution < -0.4 is 5.73 Å². The molecule has 0 bridgehead atoms. The number of thiophene rings is 1. The third-order valence-corrected chi connectivity index (χ3v) is 4.61. The van der Waals surface area contributed by atoms with Crippen molar-refractivity contribution in [1.82, 2.24) is 0 Å². The molecule has 0 aliphatic carbocycles. The zero-order valence-electron chi connectivity index (χ0n) is 6.06. The van der Waals surface area contributed by atoms with Crippen molar-refractivity contribution in [3.05, 3.63) is 17.5 Å². The van der Waals surface area contributed by atoms with Crippen molar-refractivity contribution >= 4 is 38.4 Å². The molecule has 0 spiro atoms. The lowest BCUT2D eigenvalue weighted by Crippen LogP contribution is -2.20. The number of rotatable bonds is 3. The summed E-state index contributed by atoms with van der Waals surface area (Å²) in [5, 5.41) is 1.70. The van der Waals surface area contributed by atoms with Crippen LogP contribution in [0.2, 0.25) is 0 Å². The highest BCUT2D eigenvalue weighted by molar-refractivity contribution is 7.95. The van der Waals surface area contributed by atoms with Crippen LogP contribution in [0.1, 0.15) is 0 Å². The van der Waals surface area contributed by atoms with E-state index in [1.54, 1.807) is 11.4 Å². The summed E-state index contributed by atoms with van der Waals surface area (Å²) in [5.41, 5.74) is 5.14. The predicted molar refractivity (Wildman–Crippen MR) is 53.2 cm³/mol. The molecule has 0 aliphatic heterocycles. The van der Waals surface area contributed by atoms with E-state index in [2.05, 4.69) is 12.2 Å². The minimum Gasteiger partial charge on any atom is -0.392 e. The van der Waals surface area contributed by atoms with Crippen molar-refractivity contribution in [3.63, 3.8) is 0 Å². The normalized spacial score (nSPS) is 11.3. The summed E-state index contributed by atoms with van der Waals surface area (Å²) in [5.74, 6) is -0.247. The van der Waals surface area contributed by atoms with Crippen LogP contribution in [-0.2, 0) is 9.84 Å². The molecule has 1 aromatic rings. The van der Waals surface area contributed by atoms with Crippen molar-refractivity contribution < 1.29 is 8.42 Å². The van der Waals surface area contributed by atoms with Crippen LogP contribution in [-0.4, -0.2) is 19.2 Å². The van der Waals surface area contributed by atoms with E-state index in [0.29, 0.717) is 4.21 Å². The molecule has 0 aromatic carbocycles. The fraction of sp³-hybridized carbons (Fsp3) is 0.167. The molecule has 0 atom stereocenters. The van der Waals surface area contributed by atoms with Gasteiger partial charge in [-0.15, -0.1) is 11.3 Å². The van der Waals surface area contributed by atoms with Crippen molar-refractivity contribution in [2.75, 3.05) is 5.75 Å². The van der Waals surface area contributed by atoms with E-state index >= 15 is 0 Å². The zero-order chi connectivity index (χ0) is 9.19. The Morgan fingerprint density at radius 1 is 1.67 bits per heavy atom. The molecule has 0 amide bonds. The Morgan fingerprint density at radius 3 is 2.75 bits per heavy atom. The highest BCUT2D eigenvalue weighted by atomic mass is 32.2. The lowest BCUT2D eigenvalue weighted by Gasteiger charge is -1.97. The van der Waals surface area contributed by atoms with Crippen molar-refractivity contribution in [2.24, 2.45) is 5.73 Å². The molecular weight excluding hydrogens is 214 g/mol. The van der Waals surface area contributed by atoms with Crippen LogP contribution in [0.15, 0.2) is 21.7 Å². The summed E-state index contributed by atoms with van der Waals surface area (Å²) in [6, 6.07) is 3.22. The molecule has 1 aromatic heterocycles. The molecule has 1 rings (SSSR count). The topological polar surface area (TPSA) is 60.2 Å². The molecule has 1 heterocycles. The molecular formula is C6H7NO2S3. The Bertz CT molecular complexity index is 366. The number of thiocarbonyl (C=S) groups is 1. The maximum absolute atomic E-state index is 11.3. The molecule has 0 unspecified atom stereocenters. The van der Waals surface area contributed by atoms with Gasteiger partial charge < -0.3 is 5.73 Å². The predicted octanol–water partition coefficient (Wildman–Crippen LogP) is 0.808. The molecule has 12 heavy (non-hydrogen) atoms. The summed E-state index contributed by atoms with van der Waals surface area (Å²) >= 11 is 5.69. The Kier molecular flexibility index (Phi) is 2.81. The first-order chi connectivity index (χ1) is 5.52. The molecule has 0 saturated heterocycles. The van der Waals surface area contributed by atoms with Gasteiger partial charge in [-0.25, -0.2) is 8.42 Å². The maximum atomic E-state index is 11.3. The van der Waals surface area contributed by atoms with Crippen LogP contribution >= 0.6 is 23.6 Å². The quantitative estimate of drug-likeness (QED) is 0.767. The van der Waals surface area contributed by atoms with E-state index in [9.17, 15) is 8.42 Å². The summed E-state index contributed by atoms with van der Waals surface area (Å²) in [6.45, 7) is 0. The first-order valence-corrected chi connectivity index (χ1v) is 6.01. The summed E-state index contributed by atoms with van der Waals surface area (Å²) in [6.07, 6.45) is 0. The molecule has 66 valence electrons. The van der Waals surface area contributed by atoms with E-state index < -0.39 is 9.84 Å². The fourth-order valence-electron chi connectivity index (χ4n) is 0.699. The number of sulfone groups is 1. The van der Waals surface area contributed by atoms with Crippen molar-refractivity contribution in [2.45, 2.75) is 4.21 Å². The Hall–Kier alpha value is -0.460. The lowest BCUT2D eigenvalue weighted by molar-refractivity contribution is 0.602. The second-order valence-corrected chi connectivity index (χ2v) is 5.85. The molecule has 0 aliphatic rings. The minimum absolute atomic E-state index is 0.00315. The van der Waals surface area contributed by atoms with Gasteiger partial charge in [0.05, 0.1) is 4.99 Å². The average Bonchev–Trinajstić information content (AvgIpc) is 2.32. The van der Waals surface area contributed by atoms with Gasteiger partial charge in [0.2, 0.25) is 0 Å². The van der Waals surface area contributed by atoms with Crippen molar-refractivity contribution in [3.8, 4) is 0 Å². The van der Waals surface area contributed by atoms with Gasteiger partial charge in [0.25, 0.3) is 0 Å². The van der Waals surface area contributed by atoms with Gasteiger partial charge in [0.1, 0.15) is 9.96 Å². The number of hydrogen-bond donors (Lipinski definition) is 1. The maximum Gasteiger partial charge on any atom is 0.194 e. The highest BCUT2D eigenvalue weighted by Crippen LogP contribution is 2.16. The third-order valence-electron chi connectivity index (χ3n) is 1.13. The summed E-state index contributed by atoms with van der Waals surface area (Å²) < 4.78 is 23.0. The SMILES string of the molecule is NC(=S)CS(=O)(=O)c1cccs1. The van der Waals surface area contributed by atoms with Gasteiger partial charge in [-0.2, -0.15) is 0 Å². The van der Waals surface area contributed by atoms with Crippen molar-refractivity contribution in [1.29, 1.82) is 0 Å². The molecule has 3 nitrogen and oxygen atoms in total. The highest BCUT2D eigenvalue weighted by Gasteiger charge is 2.15. The Morgan fingerprint density at radius 2 is 2.33 bits per heavy atom. The van der Waals surface area contributed by atoms with Gasteiger partial charge in [-0.3, -0.25) is 0 Å². The smallest absolute Gasteiger partial charge is 0.194 e. The molecule has 0 radical (unpaired) electrons. The van der Waals surface area contributed by atoms with Gasteiger partial charge in [-0.05, 0) is 11.4 Å². The van der Waals surface area contributed by atoms with Crippen LogP contribution in [0.4, 0.5) is 0 Å². The van der Waals surface area contributed by atoms with Crippen LogP contribution in [0, 0.1) is 0 Å². The number of nitrogens with two attached hydrogens (primary N) is 1. The first kappa shape index (κ1) is 9.63. The van der Waals surface area contributed by atoms with E-state index in [4.69, 9.17) is 5.73 Å². The second-order valence-electron chi connectivity index (χ2n) is 2.16. The van der Waals surface area contributed by atoms with Gasteiger partial charge in [0.15, 0.2) is 9.84 Å². The Balaban J connectivity index is 2.96. The van der Waals surface area contributed by atoms with E-state index in [1.165, 1.54) is 17.4 Å². The van der Waals surface area contributed by atoms with Crippen LogP contribution in [0.3, 0.4) is 0 Å². The standard InChI is InChI=1S/C6H7NO2S3/c7-5(10)4-12(8,9)6-2-1-3-11-6/h1-3H,4H2,(H2,7,10). The fourth-order valence-corrected chi connectivity index (χ4v) is 3.35. The van der Waals surface area contributed by atoms with Gasteiger partial charge in [0, 0.05) is 0 Å². The first-order valence-electron chi connectivity index (χ1n) is 3.07.